The van der Waals surface area contributed by atoms with E-state index in [-0.39, 0.29) is 0 Å². The average Bonchev–Trinajstić information content (AvgIpc) is 2.75. The molecule has 104 valence electrons. The summed E-state index contributed by atoms with van der Waals surface area (Å²) < 4.78 is 0.445. The van der Waals surface area contributed by atoms with Crippen molar-refractivity contribution in [1.82, 2.24) is 5.32 Å². The molecule has 0 spiro atoms. The summed E-state index contributed by atoms with van der Waals surface area (Å²) in [7, 11) is 0. The predicted molar refractivity (Wildman–Crippen MR) is 83.3 cm³/mol. The Morgan fingerprint density at radius 3 is 2.83 bits per heavy atom. The van der Waals surface area contributed by atoms with Crippen molar-refractivity contribution < 1.29 is 0 Å². The Labute approximate surface area is 117 Å². The first-order valence-corrected chi connectivity index (χ1v) is 8.81. The smallest absolute Gasteiger partial charge is 0.0425 e. The Morgan fingerprint density at radius 1 is 1.28 bits per heavy atom. The monoisotopic (exact) mass is 267 g/mol. The van der Waals surface area contributed by atoms with Gasteiger partial charge in [0.05, 0.1) is 0 Å². The van der Waals surface area contributed by atoms with Crippen molar-refractivity contribution in [2.45, 2.75) is 76.0 Å². The van der Waals surface area contributed by atoms with Crippen LogP contribution in [0.5, 0.6) is 0 Å². The number of likely N-dealkylation sites (N-methyl/N-ethyl adjacent to an activating group) is 1. The van der Waals surface area contributed by atoms with Gasteiger partial charge < -0.3 is 5.32 Å². The fourth-order valence-corrected chi connectivity index (χ4v) is 4.90. The number of hydrogen-bond donors (Lipinski definition) is 1. The van der Waals surface area contributed by atoms with Crippen LogP contribution in [-0.4, -0.2) is 23.1 Å². The molecule has 1 N–H and O–H groups in total. The molecule has 0 amide bonds. The minimum atomic E-state index is 0.445. The highest BCUT2D eigenvalue weighted by atomic mass is 32.2. The fourth-order valence-electron chi connectivity index (χ4n) is 3.45. The highest BCUT2D eigenvalue weighted by Gasteiger charge is 2.38. The van der Waals surface area contributed by atoms with E-state index in [1.807, 2.05) is 0 Å². The molecule has 1 aliphatic carbocycles. The summed E-state index contributed by atoms with van der Waals surface area (Å²) in [6, 6.07) is 0.619. The Kier molecular flexibility index (Phi) is 5.62. The highest BCUT2D eigenvalue weighted by Crippen LogP contribution is 2.43. The molecule has 18 heavy (non-hydrogen) atoms. The second-order valence-electron chi connectivity index (χ2n) is 5.99. The van der Waals surface area contributed by atoms with Crippen molar-refractivity contribution >= 4 is 11.8 Å². The summed E-state index contributed by atoms with van der Waals surface area (Å²) in [4.78, 5) is 0. The van der Waals surface area contributed by atoms with Crippen LogP contribution in [0.3, 0.4) is 0 Å². The standard InChI is InChI=1S/C16H29NS/c1-3-17-15(16(2)12-9-13-18-16)14-10-7-5-4-6-8-11-14/h10,15,17H,3-9,11-13H2,1-2H3. The number of allylic oxidation sites excluding steroid dienone is 1. The first-order chi connectivity index (χ1) is 8.76. The SMILES string of the molecule is CCNC(C1=CCCCCCC1)C1(C)CCCS1. The zero-order chi connectivity index (χ0) is 12.8. The Balaban J connectivity index is 2.11. The van der Waals surface area contributed by atoms with Crippen molar-refractivity contribution in [2.24, 2.45) is 0 Å². The summed E-state index contributed by atoms with van der Waals surface area (Å²) >= 11 is 2.20. The van der Waals surface area contributed by atoms with Gasteiger partial charge in [-0.3, -0.25) is 0 Å². The van der Waals surface area contributed by atoms with Crippen LogP contribution in [0.15, 0.2) is 11.6 Å². The van der Waals surface area contributed by atoms with Gasteiger partial charge in [0.25, 0.3) is 0 Å². The Hall–Kier alpha value is 0.0500. The normalized spacial score (nSPS) is 31.6. The Morgan fingerprint density at radius 2 is 2.11 bits per heavy atom. The van der Waals surface area contributed by atoms with Gasteiger partial charge >= 0.3 is 0 Å². The van der Waals surface area contributed by atoms with Crippen LogP contribution in [0.4, 0.5) is 0 Å². The van der Waals surface area contributed by atoms with Gasteiger partial charge in [0.15, 0.2) is 0 Å². The van der Waals surface area contributed by atoms with Crippen LogP contribution >= 0.6 is 11.8 Å². The molecule has 1 nitrogen and oxygen atoms in total. The van der Waals surface area contributed by atoms with Gasteiger partial charge in [0.1, 0.15) is 0 Å². The van der Waals surface area contributed by atoms with E-state index in [1.165, 1.54) is 57.1 Å². The quantitative estimate of drug-likeness (QED) is 0.751. The van der Waals surface area contributed by atoms with E-state index in [2.05, 4.69) is 37.0 Å². The first kappa shape index (κ1) is 14.5. The number of nitrogens with one attached hydrogen (secondary N) is 1. The van der Waals surface area contributed by atoms with Gasteiger partial charge in [-0.15, -0.1) is 0 Å². The molecule has 0 aromatic heterocycles. The topological polar surface area (TPSA) is 12.0 Å². The van der Waals surface area contributed by atoms with Gasteiger partial charge in [-0.25, -0.2) is 0 Å². The summed E-state index contributed by atoms with van der Waals surface area (Å²) in [5.74, 6) is 1.35. The van der Waals surface area contributed by atoms with Crippen LogP contribution in [0.25, 0.3) is 0 Å². The molecule has 0 radical (unpaired) electrons. The maximum Gasteiger partial charge on any atom is 0.0425 e. The van der Waals surface area contributed by atoms with Crippen molar-refractivity contribution in [3.63, 3.8) is 0 Å². The van der Waals surface area contributed by atoms with Crippen LogP contribution in [-0.2, 0) is 0 Å². The summed E-state index contributed by atoms with van der Waals surface area (Å²) in [6.45, 7) is 5.83. The maximum absolute atomic E-state index is 3.79. The zero-order valence-electron chi connectivity index (χ0n) is 12.1. The van der Waals surface area contributed by atoms with E-state index in [0.29, 0.717) is 10.8 Å². The number of thioether (sulfide) groups is 1. The second kappa shape index (κ2) is 7.00. The van der Waals surface area contributed by atoms with Crippen LogP contribution in [0, 0.1) is 0 Å². The van der Waals surface area contributed by atoms with Gasteiger partial charge in [-0.1, -0.05) is 31.4 Å². The van der Waals surface area contributed by atoms with E-state index < -0.39 is 0 Å². The predicted octanol–water partition coefficient (Wildman–Crippen LogP) is 4.53. The lowest BCUT2D eigenvalue weighted by atomic mass is 9.85. The molecular weight excluding hydrogens is 238 g/mol. The molecule has 2 atom stereocenters. The molecule has 1 saturated heterocycles. The molecule has 1 heterocycles. The summed E-state index contributed by atoms with van der Waals surface area (Å²) in [5.41, 5.74) is 1.72. The van der Waals surface area contributed by atoms with E-state index in [1.54, 1.807) is 5.57 Å². The van der Waals surface area contributed by atoms with Gasteiger partial charge in [0.2, 0.25) is 0 Å². The third-order valence-electron chi connectivity index (χ3n) is 4.47. The molecule has 0 bridgehead atoms. The molecular formula is C16H29NS. The van der Waals surface area contributed by atoms with Gasteiger partial charge in [-0.2, -0.15) is 11.8 Å². The van der Waals surface area contributed by atoms with Crippen molar-refractivity contribution in [3.05, 3.63) is 11.6 Å². The number of hydrogen-bond acceptors (Lipinski definition) is 2. The van der Waals surface area contributed by atoms with Crippen molar-refractivity contribution in [2.75, 3.05) is 12.3 Å². The zero-order valence-corrected chi connectivity index (χ0v) is 13.0. The third-order valence-corrected chi connectivity index (χ3v) is 6.06. The largest absolute Gasteiger partial charge is 0.309 e. The fraction of sp³-hybridized carbons (Fsp3) is 0.875. The minimum absolute atomic E-state index is 0.445. The molecule has 0 aromatic rings. The molecule has 2 aliphatic rings. The highest BCUT2D eigenvalue weighted by molar-refractivity contribution is 8.00. The summed E-state index contributed by atoms with van der Waals surface area (Å²) in [5, 5.41) is 3.79. The minimum Gasteiger partial charge on any atom is -0.309 e. The molecule has 1 fully saturated rings. The molecule has 2 unspecified atom stereocenters. The molecule has 0 aromatic carbocycles. The van der Waals surface area contributed by atoms with Gasteiger partial charge in [0, 0.05) is 10.8 Å². The van der Waals surface area contributed by atoms with E-state index in [0.717, 1.165) is 6.54 Å². The second-order valence-corrected chi connectivity index (χ2v) is 7.62. The maximum atomic E-state index is 3.79. The molecule has 1 aliphatic heterocycles. The van der Waals surface area contributed by atoms with Crippen LogP contribution in [0.2, 0.25) is 0 Å². The lowest BCUT2D eigenvalue weighted by molar-refractivity contribution is 0.435. The average molecular weight is 267 g/mol. The lowest BCUT2D eigenvalue weighted by Crippen LogP contribution is -2.46. The molecule has 0 saturated carbocycles. The molecule has 2 rings (SSSR count). The van der Waals surface area contributed by atoms with Crippen LogP contribution < -0.4 is 5.32 Å². The molecule has 2 heteroatoms. The summed E-state index contributed by atoms with van der Waals surface area (Å²) in [6.07, 6.45) is 13.6. The van der Waals surface area contributed by atoms with Crippen LogP contribution in [0.1, 0.15) is 65.2 Å². The Bertz CT molecular complexity index is 279. The van der Waals surface area contributed by atoms with E-state index in [4.69, 9.17) is 0 Å². The number of rotatable bonds is 4. The first-order valence-electron chi connectivity index (χ1n) is 7.82. The van der Waals surface area contributed by atoms with E-state index in [9.17, 15) is 0 Å². The lowest BCUT2D eigenvalue weighted by Gasteiger charge is -2.36. The van der Waals surface area contributed by atoms with Crippen molar-refractivity contribution in [1.29, 1.82) is 0 Å². The van der Waals surface area contributed by atoms with E-state index >= 15 is 0 Å². The third kappa shape index (κ3) is 3.54. The van der Waals surface area contributed by atoms with Gasteiger partial charge in [-0.05, 0) is 57.7 Å². The van der Waals surface area contributed by atoms with Crippen molar-refractivity contribution in [3.8, 4) is 0 Å².